The number of hydrogen-bond donors (Lipinski definition) is 0. The number of carbonyl (C=O) groups excluding carboxylic acids is 1. The molecule has 1 atom stereocenters. The number of halogens is 1. The fraction of sp³-hybridized carbons (Fsp3) is 0.462. The minimum Gasteiger partial charge on any atom is -0.402 e. The second-order valence-corrected chi connectivity index (χ2v) is 5.57. The van der Waals surface area contributed by atoms with Crippen LogP contribution in [-0.4, -0.2) is 29.9 Å². The molecule has 1 aliphatic rings. The number of benzene rings is 1. The molecule has 5 heteroatoms. The van der Waals surface area contributed by atoms with E-state index in [-0.39, 0.29) is 17.5 Å². The van der Waals surface area contributed by atoms with E-state index in [1.54, 1.807) is 6.07 Å². The van der Waals surface area contributed by atoms with Gasteiger partial charge in [-0.15, -0.1) is 0 Å². The number of rotatable bonds is 3. The van der Waals surface area contributed by atoms with Crippen molar-refractivity contribution >= 4 is 34.3 Å². The lowest BCUT2D eigenvalue weighted by atomic mass is 9.78. The molecule has 96 valence electrons. The standard InChI is InChI=1S/C13H16BBrO3/c1-9-13(2,3)18-14(17-9)11-6-4-5-10(7-11)12(16)8-15/h4-7,9H,8H2,1-3H3. The van der Waals surface area contributed by atoms with Gasteiger partial charge < -0.3 is 9.31 Å². The maximum atomic E-state index is 11.6. The van der Waals surface area contributed by atoms with E-state index in [0.717, 1.165) is 5.46 Å². The Hall–Kier alpha value is -0.645. The van der Waals surface area contributed by atoms with Gasteiger partial charge in [-0.3, -0.25) is 4.79 Å². The molecule has 0 saturated carbocycles. The van der Waals surface area contributed by atoms with Crippen LogP contribution in [0.2, 0.25) is 0 Å². The Morgan fingerprint density at radius 3 is 2.78 bits per heavy atom. The van der Waals surface area contributed by atoms with E-state index in [2.05, 4.69) is 15.9 Å². The molecule has 1 fully saturated rings. The van der Waals surface area contributed by atoms with Crippen LogP contribution in [0.25, 0.3) is 0 Å². The highest BCUT2D eigenvalue weighted by Gasteiger charge is 2.43. The molecule has 1 aromatic carbocycles. The van der Waals surface area contributed by atoms with Gasteiger partial charge in [-0.25, -0.2) is 0 Å². The van der Waals surface area contributed by atoms with Gasteiger partial charge in [-0.2, -0.15) is 0 Å². The molecule has 1 aromatic rings. The van der Waals surface area contributed by atoms with Gasteiger partial charge >= 0.3 is 7.12 Å². The Morgan fingerprint density at radius 2 is 2.22 bits per heavy atom. The van der Waals surface area contributed by atoms with E-state index in [9.17, 15) is 4.79 Å². The van der Waals surface area contributed by atoms with Crippen molar-refractivity contribution in [2.75, 3.05) is 5.33 Å². The lowest BCUT2D eigenvalue weighted by Crippen LogP contribution is -2.35. The van der Waals surface area contributed by atoms with Crippen LogP contribution < -0.4 is 5.46 Å². The summed E-state index contributed by atoms with van der Waals surface area (Å²) in [5.74, 6) is 0.0576. The first-order chi connectivity index (χ1) is 8.44. The van der Waals surface area contributed by atoms with Gasteiger partial charge in [0.2, 0.25) is 0 Å². The highest BCUT2D eigenvalue weighted by atomic mass is 79.9. The van der Waals surface area contributed by atoms with Gasteiger partial charge in [-0.1, -0.05) is 40.2 Å². The highest BCUT2D eigenvalue weighted by molar-refractivity contribution is 9.09. The van der Waals surface area contributed by atoms with Crippen LogP contribution >= 0.6 is 15.9 Å². The molecule has 0 radical (unpaired) electrons. The van der Waals surface area contributed by atoms with Crippen LogP contribution in [0.4, 0.5) is 0 Å². The summed E-state index contributed by atoms with van der Waals surface area (Å²) < 4.78 is 11.7. The number of ketones is 1. The molecule has 1 saturated heterocycles. The number of Topliss-reactive ketones (excluding diaryl/α,β-unsaturated/α-hetero) is 1. The molecule has 0 amide bonds. The maximum absolute atomic E-state index is 11.6. The van der Waals surface area contributed by atoms with E-state index >= 15 is 0 Å². The van der Waals surface area contributed by atoms with E-state index in [0.29, 0.717) is 10.9 Å². The third-order valence-electron chi connectivity index (χ3n) is 3.32. The summed E-state index contributed by atoms with van der Waals surface area (Å²) in [4.78, 5) is 11.6. The van der Waals surface area contributed by atoms with Crippen molar-refractivity contribution in [2.45, 2.75) is 32.5 Å². The van der Waals surface area contributed by atoms with Crippen LogP contribution in [0.5, 0.6) is 0 Å². The lowest BCUT2D eigenvalue weighted by Gasteiger charge is -2.21. The second-order valence-electron chi connectivity index (χ2n) is 5.01. The smallest absolute Gasteiger partial charge is 0.402 e. The first-order valence-electron chi connectivity index (χ1n) is 5.96. The maximum Gasteiger partial charge on any atom is 0.494 e. The predicted molar refractivity (Wildman–Crippen MR) is 75.7 cm³/mol. The number of alkyl halides is 1. The topological polar surface area (TPSA) is 35.5 Å². The minimum absolute atomic E-state index is 0.0260. The quantitative estimate of drug-likeness (QED) is 0.488. The van der Waals surface area contributed by atoms with Crippen LogP contribution in [0.1, 0.15) is 31.1 Å². The monoisotopic (exact) mass is 310 g/mol. The molecule has 1 aliphatic heterocycles. The zero-order chi connectivity index (χ0) is 13.3. The molecule has 1 unspecified atom stereocenters. The van der Waals surface area contributed by atoms with Crippen LogP contribution in [0.3, 0.4) is 0 Å². The zero-order valence-corrected chi connectivity index (χ0v) is 12.4. The molecule has 0 aromatic heterocycles. The SMILES string of the molecule is CC1OB(c2cccc(C(=O)CBr)c2)OC1(C)C. The van der Waals surface area contributed by atoms with Gasteiger partial charge in [0, 0.05) is 5.56 Å². The average Bonchev–Trinajstić information content (AvgIpc) is 2.63. The highest BCUT2D eigenvalue weighted by Crippen LogP contribution is 2.26. The van der Waals surface area contributed by atoms with Gasteiger partial charge in [0.1, 0.15) is 0 Å². The summed E-state index contributed by atoms with van der Waals surface area (Å²) in [6, 6.07) is 7.41. The van der Waals surface area contributed by atoms with Crippen molar-refractivity contribution in [3.63, 3.8) is 0 Å². The van der Waals surface area contributed by atoms with Gasteiger partial charge in [0.25, 0.3) is 0 Å². The molecule has 3 nitrogen and oxygen atoms in total. The zero-order valence-electron chi connectivity index (χ0n) is 10.8. The first-order valence-corrected chi connectivity index (χ1v) is 7.08. The molecule has 18 heavy (non-hydrogen) atoms. The molecule has 0 bridgehead atoms. The van der Waals surface area contributed by atoms with Crippen molar-refractivity contribution in [2.24, 2.45) is 0 Å². The van der Waals surface area contributed by atoms with E-state index in [1.165, 1.54) is 0 Å². The van der Waals surface area contributed by atoms with Gasteiger partial charge in [-0.05, 0) is 26.2 Å². The third kappa shape index (κ3) is 2.68. The normalized spacial score (nSPS) is 22.2. The fourth-order valence-electron chi connectivity index (χ4n) is 1.83. The van der Waals surface area contributed by atoms with Crippen molar-refractivity contribution in [1.82, 2.24) is 0 Å². The molecular formula is C13H16BBrO3. The minimum atomic E-state index is -0.391. The van der Waals surface area contributed by atoms with Crippen molar-refractivity contribution in [3.05, 3.63) is 29.8 Å². The molecule has 0 spiro atoms. The van der Waals surface area contributed by atoms with Crippen molar-refractivity contribution in [1.29, 1.82) is 0 Å². The molecule has 0 N–H and O–H groups in total. The first kappa shape index (κ1) is 13.8. The third-order valence-corrected chi connectivity index (χ3v) is 3.83. The summed E-state index contributed by atoms with van der Waals surface area (Å²) in [5, 5.41) is 0.324. The summed E-state index contributed by atoms with van der Waals surface area (Å²) in [6.45, 7) is 6.00. The summed E-state index contributed by atoms with van der Waals surface area (Å²) in [7, 11) is -0.391. The van der Waals surface area contributed by atoms with Crippen LogP contribution in [0.15, 0.2) is 24.3 Å². The molecule has 2 rings (SSSR count). The Labute approximate surface area is 116 Å². The van der Waals surface area contributed by atoms with Gasteiger partial charge in [0.15, 0.2) is 5.78 Å². The average molecular weight is 311 g/mol. The van der Waals surface area contributed by atoms with Crippen molar-refractivity contribution in [3.8, 4) is 0 Å². The fourth-order valence-corrected chi connectivity index (χ4v) is 2.15. The summed E-state index contributed by atoms with van der Waals surface area (Å²) in [5.41, 5.74) is 1.26. The van der Waals surface area contributed by atoms with Crippen LogP contribution in [0, 0.1) is 0 Å². The summed E-state index contributed by atoms with van der Waals surface area (Å²) >= 11 is 3.18. The Balaban J connectivity index is 2.23. The van der Waals surface area contributed by atoms with Gasteiger partial charge in [0.05, 0.1) is 17.0 Å². The number of hydrogen-bond acceptors (Lipinski definition) is 3. The Bertz CT molecular complexity index is 461. The van der Waals surface area contributed by atoms with E-state index in [4.69, 9.17) is 9.31 Å². The summed E-state index contributed by atoms with van der Waals surface area (Å²) in [6.07, 6.45) is 0.0260. The molecule has 1 heterocycles. The lowest BCUT2D eigenvalue weighted by molar-refractivity contribution is 0.0842. The van der Waals surface area contributed by atoms with Crippen LogP contribution in [-0.2, 0) is 9.31 Å². The predicted octanol–water partition coefficient (Wildman–Crippen LogP) is 2.17. The Kier molecular flexibility index (Phi) is 3.94. The molecular weight excluding hydrogens is 295 g/mol. The molecule has 0 aliphatic carbocycles. The van der Waals surface area contributed by atoms with Crippen molar-refractivity contribution < 1.29 is 14.1 Å². The Morgan fingerprint density at radius 1 is 1.50 bits per heavy atom. The number of carbonyl (C=O) groups is 1. The van der Waals surface area contributed by atoms with E-state index in [1.807, 2.05) is 39.0 Å². The second kappa shape index (κ2) is 5.15. The van der Waals surface area contributed by atoms with E-state index < -0.39 is 7.12 Å². The largest absolute Gasteiger partial charge is 0.494 e.